The van der Waals surface area contributed by atoms with Gasteiger partial charge in [-0.3, -0.25) is 4.68 Å². The van der Waals surface area contributed by atoms with E-state index in [2.05, 4.69) is 48.2 Å². The van der Waals surface area contributed by atoms with Crippen LogP contribution in [0, 0.1) is 13.8 Å². The molecule has 2 rings (SSSR count). The van der Waals surface area contributed by atoms with Gasteiger partial charge in [0, 0.05) is 24.3 Å². The van der Waals surface area contributed by atoms with Crippen molar-refractivity contribution < 1.29 is 0 Å². The van der Waals surface area contributed by atoms with Gasteiger partial charge in [-0.1, -0.05) is 6.92 Å². The van der Waals surface area contributed by atoms with E-state index in [1.165, 1.54) is 11.3 Å². The highest BCUT2D eigenvalue weighted by Crippen LogP contribution is 2.14. The smallest absolute Gasteiger partial charge is 0.148 e. The van der Waals surface area contributed by atoms with Crippen LogP contribution in [0.25, 0.3) is 0 Å². The van der Waals surface area contributed by atoms with Crippen molar-refractivity contribution in [3.8, 4) is 0 Å². The minimum absolute atomic E-state index is 0.675. The summed E-state index contributed by atoms with van der Waals surface area (Å²) in [6.45, 7) is 11.9. The van der Waals surface area contributed by atoms with Crippen molar-refractivity contribution in [3.05, 3.63) is 29.1 Å². The van der Waals surface area contributed by atoms with Crippen LogP contribution in [0.3, 0.4) is 0 Å². The number of nitrogens with zero attached hydrogens (tertiary/aromatic N) is 5. The Morgan fingerprint density at radius 1 is 1.20 bits per heavy atom. The van der Waals surface area contributed by atoms with Crippen LogP contribution in [0.5, 0.6) is 0 Å². The van der Waals surface area contributed by atoms with Crippen molar-refractivity contribution in [2.75, 3.05) is 6.54 Å². The third kappa shape index (κ3) is 3.07. The standard InChI is InChI=1S/C14H24N6/c1-5-7-15-8-13-11(3)18-20(12(13)4)9-14-16-10-17-19(14)6-2/h10,15H,5-9H2,1-4H3. The van der Waals surface area contributed by atoms with E-state index >= 15 is 0 Å². The van der Waals surface area contributed by atoms with Crippen molar-refractivity contribution >= 4 is 0 Å². The molecular weight excluding hydrogens is 252 g/mol. The Labute approximate surface area is 120 Å². The summed E-state index contributed by atoms with van der Waals surface area (Å²) in [5, 5.41) is 12.3. The topological polar surface area (TPSA) is 60.6 Å². The lowest BCUT2D eigenvalue weighted by atomic mass is 10.2. The van der Waals surface area contributed by atoms with Crippen LogP contribution in [0.2, 0.25) is 0 Å². The van der Waals surface area contributed by atoms with Gasteiger partial charge in [-0.15, -0.1) is 0 Å². The molecule has 0 amide bonds. The fourth-order valence-corrected chi connectivity index (χ4v) is 2.34. The van der Waals surface area contributed by atoms with Gasteiger partial charge in [0.15, 0.2) is 0 Å². The van der Waals surface area contributed by atoms with Gasteiger partial charge < -0.3 is 5.32 Å². The molecule has 0 fully saturated rings. The van der Waals surface area contributed by atoms with Crippen molar-refractivity contribution in [2.24, 2.45) is 0 Å². The summed E-state index contributed by atoms with van der Waals surface area (Å²) in [6.07, 6.45) is 2.75. The van der Waals surface area contributed by atoms with Gasteiger partial charge in [-0.05, 0) is 33.7 Å². The van der Waals surface area contributed by atoms with Gasteiger partial charge in [0.25, 0.3) is 0 Å². The summed E-state index contributed by atoms with van der Waals surface area (Å²) >= 11 is 0. The average molecular weight is 276 g/mol. The fraction of sp³-hybridized carbons (Fsp3) is 0.643. The molecule has 0 unspecified atom stereocenters. The molecule has 0 aliphatic heterocycles. The zero-order valence-electron chi connectivity index (χ0n) is 12.8. The van der Waals surface area contributed by atoms with Crippen molar-refractivity contribution in [2.45, 2.75) is 53.8 Å². The molecule has 0 atom stereocenters. The molecule has 6 heteroatoms. The van der Waals surface area contributed by atoms with Crippen LogP contribution in [0.1, 0.15) is 43.0 Å². The molecule has 110 valence electrons. The van der Waals surface area contributed by atoms with Crippen LogP contribution >= 0.6 is 0 Å². The zero-order valence-corrected chi connectivity index (χ0v) is 12.8. The first-order chi connectivity index (χ1) is 9.67. The van der Waals surface area contributed by atoms with Gasteiger partial charge in [0.1, 0.15) is 18.7 Å². The number of aromatic nitrogens is 5. The monoisotopic (exact) mass is 276 g/mol. The summed E-state index contributed by atoms with van der Waals surface area (Å²) in [5.74, 6) is 0.950. The number of hydrogen-bond donors (Lipinski definition) is 1. The molecule has 0 radical (unpaired) electrons. The lowest BCUT2D eigenvalue weighted by molar-refractivity contribution is 0.558. The van der Waals surface area contributed by atoms with Gasteiger partial charge in [-0.25, -0.2) is 9.67 Å². The molecule has 6 nitrogen and oxygen atoms in total. The molecule has 2 aromatic heterocycles. The Hall–Kier alpha value is -1.69. The Balaban J connectivity index is 2.15. The molecule has 0 aliphatic carbocycles. The Kier molecular flexibility index (Phi) is 4.89. The summed E-state index contributed by atoms with van der Waals surface area (Å²) in [6, 6.07) is 0. The maximum atomic E-state index is 4.63. The van der Waals surface area contributed by atoms with E-state index in [1.54, 1.807) is 6.33 Å². The molecule has 0 aromatic carbocycles. The number of hydrogen-bond acceptors (Lipinski definition) is 4. The van der Waals surface area contributed by atoms with Crippen molar-refractivity contribution in [3.63, 3.8) is 0 Å². The molecule has 2 aromatic rings. The first kappa shape index (κ1) is 14.7. The first-order valence-corrected chi connectivity index (χ1v) is 7.27. The van der Waals surface area contributed by atoms with E-state index in [-0.39, 0.29) is 0 Å². The maximum Gasteiger partial charge on any atom is 0.148 e. The van der Waals surface area contributed by atoms with E-state index in [9.17, 15) is 0 Å². The second kappa shape index (κ2) is 6.65. The highest BCUT2D eigenvalue weighted by molar-refractivity contribution is 5.24. The van der Waals surface area contributed by atoms with Crippen molar-refractivity contribution in [1.29, 1.82) is 0 Å². The number of nitrogens with one attached hydrogen (secondary N) is 1. The van der Waals surface area contributed by atoms with Gasteiger partial charge in [0.2, 0.25) is 0 Å². The molecule has 0 spiro atoms. The Bertz CT molecular complexity index is 554. The van der Waals surface area contributed by atoms with Gasteiger partial charge in [0.05, 0.1) is 5.69 Å². The molecule has 20 heavy (non-hydrogen) atoms. The SMILES string of the molecule is CCCNCc1c(C)nn(Cc2ncnn2CC)c1C. The van der Waals surface area contributed by atoms with Crippen LogP contribution in [0.15, 0.2) is 6.33 Å². The fourth-order valence-electron chi connectivity index (χ4n) is 2.34. The van der Waals surface area contributed by atoms with E-state index in [0.29, 0.717) is 6.54 Å². The highest BCUT2D eigenvalue weighted by Gasteiger charge is 2.13. The van der Waals surface area contributed by atoms with Crippen LogP contribution in [0.4, 0.5) is 0 Å². The van der Waals surface area contributed by atoms with Crippen LogP contribution < -0.4 is 5.32 Å². The minimum Gasteiger partial charge on any atom is -0.313 e. The predicted molar refractivity (Wildman–Crippen MR) is 78.5 cm³/mol. The summed E-state index contributed by atoms with van der Waals surface area (Å²) in [5.41, 5.74) is 3.59. The Morgan fingerprint density at radius 3 is 2.70 bits per heavy atom. The molecular formula is C14H24N6. The zero-order chi connectivity index (χ0) is 14.5. The van der Waals surface area contributed by atoms with E-state index < -0.39 is 0 Å². The quantitative estimate of drug-likeness (QED) is 0.781. The van der Waals surface area contributed by atoms with E-state index in [0.717, 1.165) is 37.6 Å². The maximum absolute atomic E-state index is 4.63. The normalized spacial score (nSPS) is 11.2. The molecule has 1 N–H and O–H groups in total. The number of aryl methyl sites for hydroxylation is 2. The first-order valence-electron chi connectivity index (χ1n) is 7.27. The highest BCUT2D eigenvalue weighted by atomic mass is 15.4. The Morgan fingerprint density at radius 2 is 2.00 bits per heavy atom. The van der Waals surface area contributed by atoms with E-state index in [4.69, 9.17) is 0 Å². The largest absolute Gasteiger partial charge is 0.313 e. The average Bonchev–Trinajstić information content (AvgIpc) is 2.98. The molecule has 0 saturated heterocycles. The third-order valence-electron chi connectivity index (χ3n) is 3.55. The molecule has 0 saturated carbocycles. The summed E-state index contributed by atoms with van der Waals surface area (Å²) in [7, 11) is 0. The predicted octanol–water partition coefficient (Wildman–Crippen LogP) is 1.66. The third-order valence-corrected chi connectivity index (χ3v) is 3.55. The second-order valence-corrected chi connectivity index (χ2v) is 4.98. The van der Waals surface area contributed by atoms with E-state index in [1.807, 2.05) is 9.36 Å². The lowest BCUT2D eigenvalue weighted by Gasteiger charge is -2.07. The lowest BCUT2D eigenvalue weighted by Crippen LogP contribution is -2.15. The summed E-state index contributed by atoms with van der Waals surface area (Å²) in [4.78, 5) is 4.31. The molecule has 0 bridgehead atoms. The van der Waals surface area contributed by atoms with Gasteiger partial charge >= 0.3 is 0 Å². The van der Waals surface area contributed by atoms with Crippen LogP contribution in [-0.4, -0.2) is 31.1 Å². The number of rotatable bonds is 7. The molecule has 2 heterocycles. The summed E-state index contributed by atoms with van der Waals surface area (Å²) < 4.78 is 3.93. The minimum atomic E-state index is 0.675. The molecule has 0 aliphatic rings. The van der Waals surface area contributed by atoms with Crippen molar-refractivity contribution in [1.82, 2.24) is 29.9 Å². The van der Waals surface area contributed by atoms with Crippen LogP contribution in [-0.2, 0) is 19.6 Å². The second-order valence-electron chi connectivity index (χ2n) is 4.98. The van der Waals surface area contributed by atoms with Gasteiger partial charge in [-0.2, -0.15) is 10.2 Å².